The molecule has 0 fully saturated rings. The van der Waals surface area contributed by atoms with Crippen molar-refractivity contribution in [3.63, 3.8) is 0 Å². The van der Waals surface area contributed by atoms with Gasteiger partial charge in [-0.3, -0.25) is 0 Å². The maximum atomic E-state index is 15.7. The minimum Gasteiger partial charge on any atom is -0.457 e. The van der Waals surface area contributed by atoms with E-state index in [1.54, 1.807) is 60.6 Å². The van der Waals surface area contributed by atoms with Crippen molar-refractivity contribution in [3.05, 3.63) is 71.2 Å². The Hall–Kier alpha value is -4.30. The van der Waals surface area contributed by atoms with Crippen LogP contribution in [0.15, 0.2) is 69.1 Å². The van der Waals surface area contributed by atoms with Crippen molar-refractivity contribution in [3.8, 4) is 17.8 Å². The zero-order chi connectivity index (χ0) is 31.6. The van der Waals surface area contributed by atoms with Crippen LogP contribution in [0.25, 0.3) is 0 Å². The van der Waals surface area contributed by atoms with Crippen molar-refractivity contribution in [2.24, 2.45) is 21.7 Å². The number of aromatic nitrogens is 1. The molecule has 1 unspecified atom stereocenters. The number of rotatable bonds is 11. The molecule has 0 saturated carbocycles. The number of fused-ring (bicyclic) bond motifs is 1. The van der Waals surface area contributed by atoms with E-state index in [0.29, 0.717) is 17.4 Å². The first kappa shape index (κ1) is 32.6. The molecular weight excluding hydrogens is 577 g/mol. The van der Waals surface area contributed by atoms with Crippen molar-refractivity contribution in [2.45, 2.75) is 65.2 Å². The van der Waals surface area contributed by atoms with Crippen LogP contribution < -0.4 is 20.1 Å². The summed E-state index contributed by atoms with van der Waals surface area (Å²) in [4.78, 5) is 12.5. The minimum atomic E-state index is -0.574. The molecule has 4 rings (SSSR count). The molecule has 2 aromatic rings. The Kier molecular flexibility index (Phi) is 11.4. The monoisotopic (exact) mass is 617 g/mol. The molecule has 3 heterocycles. The number of halogens is 1. The highest BCUT2D eigenvalue weighted by Crippen LogP contribution is 2.38. The molecule has 0 aliphatic carbocycles. The van der Waals surface area contributed by atoms with Gasteiger partial charge in [0.15, 0.2) is 23.1 Å². The van der Waals surface area contributed by atoms with Gasteiger partial charge < -0.3 is 20.1 Å². The first-order valence-electron chi connectivity index (χ1n) is 15.0. The second-order valence-corrected chi connectivity index (χ2v) is 11.7. The van der Waals surface area contributed by atoms with Gasteiger partial charge in [-0.15, -0.1) is 17.0 Å². The van der Waals surface area contributed by atoms with Gasteiger partial charge in [0.1, 0.15) is 23.0 Å². The van der Waals surface area contributed by atoms with E-state index >= 15 is 4.39 Å². The summed E-state index contributed by atoms with van der Waals surface area (Å²) in [6.45, 7) is 11.6. The first-order chi connectivity index (χ1) is 21.3. The molecule has 11 heteroatoms. The summed E-state index contributed by atoms with van der Waals surface area (Å²) >= 11 is 1.68. The Morgan fingerprint density at radius 2 is 2.11 bits per heavy atom. The third kappa shape index (κ3) is 7.80. The van der Waals surface area contributed by atoms with Crippen LogP contribution in [0.2, 0.25) is 0 Å². The van der Waals surface area contributed by atoms with E-state index in [-0.39, 0.29) is 28.5 Å². The maximum Gasteiger partial charge on any atom is 0.292 e. The zero-order valence-corrected chi connectivity index (χ0v) is 26.8. The summed E-state index contributed by atoms with van der Waals surface area (Å²) in [6.07, 6.45) is 15.0. The van der Waals surface area contributed by atoms with Gasteiger partial charge in [0, 0.05) is 49.0 Å². The van der Waals surface area contributed by atoms with E-state index in [1.165, 1.54) is 6.07 Å². The summed E-state index contributed by atoms with van der Waals surface area (Å²) in [7, 11) is 0. The van der Waals surface area contributed by atoms with Gasteiger partial charge in [-0.25, -0.2) is 19.4 Å². The van der Waals surface area contributed by atoms with Gasteiger partial charge in [-0.2, -0.15) is 5.10 Å². The van der Waals surface area contributed by atoms with Gasteiger partial charge in [0.05, 0.1) is 10.6 Å². The molecule has 1 aromatic carbocycles. The van der Waals surface area contributed by atoms with Crippen LogP contribution in [0, 0.1) is 30.2 Å². The number of hydrogen-bond donors (Lipinski definition) is 1. The van der Waals surface area contributed by atoms with E-state index in [2.05, 4.69) is 28.8 Å². The zero-order valence-electron chi connectivity index (χ0n) is 26.0. The van der Waals surface area contributed by atoms with Crippen LogP contribution in [0.1, 0.15) is 64.6 Å². The van der Waals surface area contributed by atoms with Gasteiger partial charge in [-0.1, -0.05) is 39.7 Å². The standard InChI is InChI=1S/C33H40FN7O2S/c1-6-9-10-15-40-19-22(4)20-44-29-18-28(42-21-35)31(39-33(29)40)32(36)38-26-12-13-27(23(5)30(26)34)43-25-14-16-41(37-8-3)24(17-25)11-7-2/h8,11-14,16-18,22H,6-7,9-10,15,19-20H2,1-5H3,(H2,36,38)/b24-11+,37-8-. The Bertz CT molecular complexity index is 1540. The molecule has 2 aliphatic heterocycles. The Morgan fingerprint density at radius 3 is 2.84 bits per heavy atom. The first-order valence-corrected chi connectivity index (χ1v) is 16.0. The topological polar surface area (TPSA) is 112 Å². The van der Waals surface area contributed by atoms with Crippen LogP contribution >= 0.6 is 11.8 Å². The lowest BCUT2D eigenvalue weighted by atomic mass is 10.1. The lowest BCUT2D eigenvalue weighted by molar-refractivity contribution is 0.417. The van der Waals surface area contributed by atoms with Gasteiger partial charge >= 0.3 is 0 Å². The molecule has 9 nitrogen and oxygen atoms in total. The summed E-state index contributed by atoms with van der Waals surface area (Å²) in [5, 5.41) is 15.4. The molecule has 2 aliphatic rings. The minimum absolute atomic E-state index is 0.0259. The lowest BCUT2D eigenvalue weighted by Crippen LogP contribution is -2.31. The summed E-state index contributed by atoms with van der Waals surface area (Å²) in [6, 6.07) is 4.96. The number of ether oxygens (including phenoxy) is 2. The summed E-state index contributed by atoms with van der Waals surface area (Å²) in [5.41, 5.74) is 7.81. The number of nitrogens with zero attached hydrogens (tertiary/aromatic N) is 6. The number of hydrogen-bond acceptors (Lipinski definition) is 9. The van der Waals surface area contributed by atoms with Crippen LogP contribution in [0.3, 0.4) is 0 Å². The third-order valence-corrected chi connectivity index (χ3v) is 8.44. The number of hydrazone groups is 1. The largest absolute Gasteiger partial charge is 0.457 e. The normalized spacial score (nSPS) is 17.8. The molecule has 1 atom stereocenters. The van der Waals surface area contributed by atoms with Crippen LogP contribution in [-0.4, -0.2) is 40.9 Å². The molecule has 232 valence electrons. The fourth-order valence-corrected chi connectivity index (χ4v) is 5.98. The third-order valence-electron chi connectivity index (χ3n) is 7.09. The van der Waals surface area contributed by atoms with E-state index < -0.39 is 5.82 Å². The van der Waals surface area contributed by atoms with Crippen LogP contribution in [0.5, 0.6) is 11.5 Å². The Morgan fingerprint density at radius 1 is 1.30 bits per heavy atom. The van der Waals surface area contributed by atoms with E-state index in [9.17, 15) is 5.26 Å². The highest BCUT2D eigenvalue weighted by molar-refractivity contribution is 7.99. The fraction of sp³-hybridized carbons (Fsp3) is 0.394. The van der Waals surface area contributed by atoms with Crippen molar-refractivity contribution >= 4 is 35.3 Å². The average Bonchev–Trinajstić information content (AvgIpc) is 3.16. The van der Waals surface area contributed by atoms with Crippen molar-refractivity contribution in [1.29, 1.82) is 5.26 Å². The highest BCUT2D eigenvalue weighted by Gasteiger charge is 2.25. The molecule has 0 saturated heterocycles. The number of amidine groups is 1. The van der Waals surface area contributed by atoms with Gasteiger partial charge in [0.2, 0.25) is 0 Å². The van der Waals surface area contributed by atoms with Crippen molar-refractivity contribution in [1.82, 2.24) is 9.99 Å². The number of aliphatic imine (C=N–C) groups is 1. The predicted octanol–water partition coefficient (Wildman–Crippen LogP) is 7.56. The molecular formula is C33H40FN7O2S. The van der Waals surface area contributed by atoms with E-state index in [1.807, 2.05) is 26.0 Å². The van der Waals surface area contributed by atoms with Crippen LogP contribution in [0.4, 0.5) is 15.9 Å². The molecule has 0 radical (unpaired) electrons. The molecule has 44 heavy (non-hydrogen) atoms. The number of anilines is 1. The highest BCUT2D eigenvalue weighted by atomic mass is 32.2. The number of allylic oxidation sites excluding steroid dienone is 3. The molecule has 0 bridgehead atoms. The number of thioether (sulfide) groups is 1. The number of benzene rings is 1. The van der Waals surface area contributed by atoms with Crippen LogP contribution in [-0.2, 0) is 0 Å². The van der Waals surface area contributed by atoms with Crippen molar-refractivity contribution < 1.29 is 13.9 Å². The number of nitriles is 1. The average molecular weight is 618 g/mol. The lowest BCUT2D eigenvalue weighted by Gasteiger charge is -2.26. The quantitative estimate of drug-likeness (QED) is 0.119. The predicted molar refractivity (Wildman–Crippen MR) is 176 cm³/mol. The summed E-state index contributed by atoms with van der Waals surface area (Å²) < 4.78 is 27.0. The Labute approximate surface area is 263 Å². The molecule has 0 spiro atoms. The smallest absolute Gasteiger partial charge is 0.292 e. The SMILES string of the molecule is C/C=N\N1C=CC(Oc2ccc(N=C(N)c3nc4c(cc3OC#N)SCC(C)CN4CCCCC)c(F)c2C)=C/C1=C\CC. The van der Waals surface area contributed by atoms with E-state index in [4.69, 9.17) is 20.2 Å². The van der Waals surface area contributed by atoms with E-state index in [0.717, 1.165) is 60.9 Å². The fourth-order valence-electron chi connectivity index (χ4n) is 4.91. The molecule has 0 amide bonds. The second kappa shape index (κ2) is 15.4. The van der Waals surface area contributed by atoms with Gasteiger partial charge in [0.25, 0.3) is 6.26 Å². The number of pyridine rings is 1. The number of unbranched alkanes of at least 4 members (excludes halogenated alkanes) is 2. The number of nitrogens with two attached hydrogens (primary N) is 1. The summed E-state index contributed by atoms with van der Waals surface area (Å²) in [5.74, 6) is 2.61. The van der Waals surface area contributed by atoms with Gasteiger partial charge in [-0.05, 0) is 50.8 Å². The molecule has 1 aromatic heterocycles. The van der Waals surface area contributed by atoms with Crippen molar-refractivity contribution in [2.75, 3.05) is 23.7 Å². The second-order valence-electron chi connectivity index (χ2n) is 10.7. The molecule has 2 N–H and O–H groups in total. The maximum absolute atomic E-state index is 15.7. The Balaban J connectivity index is 1.66.